The van der Waals surface area contributed by atoms with Crippen LogP contribution in [0.2, 0.25) is 0 Å². The predicted molar refractivity (Wildman–Crippen MR) is 106 cm³/mol. The SMILES string of the molecule is CCNC(=NCCC1CCN(CC)CC1)N1CCC(N2CC=CC2)C1. The van der Waals surface area contributed by atoms with Crippen LogP contribution in [0, 0.1) is 5.92 Å². The second kappa shape index (κ2) is 9.58. The molecule has 0 aliphatic carbocycles. The first-order chi connectivity index (χ1) is 12.3. The van der Waals surface area contributed by atoms with Gasteiger partial charge in [-0.1, -0.05) is 19.1 Å². The fourth-order valence-electron chi connectivity index (χ4n) is 4.39. The second-order valence-corrected chi connectivity index (χ2v) is 7.72. The van der Waals surface area contributed by atoms with Crippen molar-refractivity contribution < 1.29 is 0 Å². The number of piperidine rings is 1. The van der Waals surface area contributed by atoms with Crippen molar-refractivity contribution in [1.29, 1.82) is 0 Å². The van der Waals surface area contributed by atoms with Crippen molar-refractivity contribution in [2.24, 2.45) is 10.9 Å². The average Bonchev–Trinajstić information content (AvgIpc) is 3.33. The van der Waals surface area contributed by atoms with Gasteiger partial charge < -0.3 is 15.1 Å². The molecule has 3 heterocycles. The van der Waals surface area contributed by atoms with Gasteiger partial charge in [0.15, 0.2) is 5.96 Å². The topological polar surface area (TPSA) is 34.1 Å². The van der Waals surface area contributed by atoms with E-state index in [0.29, 0.717) is 6.04 Å². The minimum atomic E-state index is 0.692. The quantitative estimate of drug-likeness (QED) is 0.453. The maximum Gasteiger partial charge on any atom is 0.193 e. The lowest BCUT2D eigenvalue weighted by Crippen LogP contribution is -2.43. The molecule has 25 heavy (non-hydrogen) atoms. The molecule has 1 N–H and O–H groups in total. The molecule has 142 valence electrons. The number of nitrogens with one attached hydrogen (secondary N) is 1. The Morgan fingerprint density at radius 3 is 2.52 bits per heavy atom. The number of hydrogen-bond donors (Lipinski definition) is 1. The summed E-state index contributed by atoms with van der Waals surface area (Å²) in [6, 6.07) is 0.692. The molecule has 3 aliphatic heterocycles. The zero-order chi connectivity index (χ0) is 17.5. The molecule has 0 amide bonds. The monoisotopic (exact) mass is 347 g/mol. The van der Waals surface area contributed by atoms with E-state index in [0.717, 1.165) is 51.1 Å². The summed E-state index contributed by atoms with van der Waals surface area (Å²) in [5, 5.41) is 3.52. The largest absolute Gasteiger partial charge is 0.357 e. The molecule has 0 aromatic carbocycles. The van der Waals surface area contributed by atoms with E-state index in [9.17, 15) is 0 Å². The molecular weight excluding hydrogens is 310 g/mol. The molecule has 0 radical (unpaired) electrons. The molecule has 0 spiro atoms. The number of likely N-dealkylation sites (tertiary alicyclic amines) is 2. The lowest BCUT2D eigenvalue weighted by atomic mass is 9.94. The van der Waals surface area contributed by atoms with E-state index in [1.807, 2.05) is 0 Å². The molecule has 3 rings (SSSR count). The predicted octanol–water partition coefficient (Wildman–Crippen LogP) is 2.02. The Balaban J connectivity index is 1.45. The maximum absolute atomic E-state index is 4.97. The molecule has 0 aromatic heterocycles. The number of rotatable bonds is 6. The van der Waals surface area contributed by atoms with E-state index in [-0.39, 0.29) is 0 Å². The molecule has 1 atom stereocenters. The van der Waals surface area contributed by atoms with Gasteiger partial charge in [-0.2, -0.15) is 0 Å². The molecule has 0 saturated carbocycles. The summed E-state index contributed by atoms with van der Waals surface area (Å²) in [5.41, 5.74) is 0. The summed E-state index contributed by atoms with van der Waals surface area (Å²) >= 11 is 0. The van der Waals surface area contributed by atoms with E-state index in [1.165, 1.54) is 45.3 Å². The van der Waals surface area contributed by atoms with Crippen molar-refractivity contribution >= 4 is 5.96 Å². The van der Waals surface area contributed by atoms with Crippen molar-refractivity contribution in [1.82, 2.24) is 20.0 Å². The van der Waals surface area contributed by atoms with Gasteiger partial charge in [-0.05, 0) is 58.2 Å². The minimum Gasteiger partial charge on any atom is -0.357 e. The van der Waals surface area contributed by atoms with Crippen LogP contribution in [0.1, 0.15) is 39.5 Å². The van der Waals surface area contributed by atoms with Crippen LogP contribution in [0.5, 0.6) is 0 Å². The standard InChI is InChI=1S/C20H37N5/c1-3-21-20(22-11-7-18-8-14-23(4-2)15-9-18)25-16-10-19(17-25)24-12-5-6-13-24/h5-6,18-19H,3-4,7-17H2,1-2H3,(H,21,22). The van der Waals surface area contributed by atoms with Crippen LogP contribution in [0.3, 0.4) is 0 Å². The van der Waals surface area contributed by atoms with Crippen molar-refractivity contribution in [3.63, 3.8) is 0 Å². The molecule has 0 aromatic rings. The van der Waals surface area contributed by atoms with Crippen molar-refractivity contribution in [2.75, 3.05) is 58.9 Å². The molecule has 5 nitrogen and oxygen atoms in total. The zero-order valence-electron chi connectivity index (χ0n) is 16.3. The normalized spacial score (nSPS) is 26.7. The van der Waals surface area contributed by atoms with Gasteiger partial charge in [-0.3, -0.25) is 9.89 Å². The number of aliphatic imine (C=N–C) groups is 1. The van der Waals surface area contributed by atoms with Crippen molar-refractivity contribution in [2.45, 2.75) is 45.6 Å². The first-order valence-electron chi connectivity index (χ1n) is 10.4. The Labute approximate surface area is 154 Å². The Bertz CT molecular complexity index is 445. The van der Waals surface area contributed by atoms with Gasteiger partial charge in [0.1, 0.15) is 0 Å². The maximum atomic E-state index is 4.97. The molecular formula is C20H37N5. The van der Waals surface area contributed by atoms with Gasteiger partial charge in [0.2, 0.25) is 0 Å². The highest BCUT2D eigenvalue weighted by Crippen LogP contribution is 2.21. The van der Waals surface area contributed by atoms with Crippen LogP contribution >= 0.6 is 0 Å². The Hall–Kier alpha value is -1.07. The van der Waals surface area contributed by atoms with Crippen LogP contribution in [-0.4, -0.2) is 85.6 Å². The first-order valence-corrected chi connectivity index (χ1v) is 10.4. The van der Waals surface area contributed by atoms with Crippen LogP contribution in [0.4, 0.5) is 0 Å². The van der Waals surface area contributed by atoms with Gasteiger partial charge in [-0.15, -0.1) is 0 Å². The Morgan fingerprint density at radius 2 is 1.84 bits per heavy atom. The van der Waals surface area contributed by atoms with Crippen molar-refractivity contribution in [3.05, 3.63) is 12.2 Å². The van der Waals surface area contributed by atoms with Gasteiger partial charge in [0.25, 0.3) is 0 Å². The van der Waals surface area contributed by atoms with Crippen LogP contribution in [0.25, 0.3) is 0 Å². The summed E-state index contributed by atoms with van der Waals surface area (Å²) in [6.45, 7) is 14.7. The highest BCUT2D eigenvalue weighted by atomic mass is 15.3. The Kier molecular flexibility index (Phi) is 7.17. The molecule has 2 fully saturated rings. The minimum absolute atomic E-state index is 0.692. The average molecular weight is 348 g/mol. The second-order valence-electron chi connectivity index (χ2n) is 7.72. The number of hydrogen-bond acceptors (Lipinski definition) is 3. The fraction of sp³-hybridized carbons (Fsp3) is 0.850. The third-order valence-corrected chi connectivity index (χ3v) is 6.11. The van der Waals surface area contributed by atoms with Crippen LogP contribution in [0.15, 0.2) is 17.1 Å². The lowest BCUT2D eigenvalue weighted by Gasteiger charge is -2.30. The highest BCUT2D eigenvalue weighted by Gasteiger charge is 2.29. The van der Waals surface area contributed by atoms with E-state index in [4.69, 9.17) is 4.99 Å². The lowest BCUT2D eigenvalue weighted by molar-refractivity contribution is 0.188. The van der Waals surface area contributed by atoms with Crippen LogP contribution < -0.4 is 5.32 Å². The molecule has 5 heteroatoms. The molecule has 0 bridgehead atoms. The smallest absolute Gasteiger partial charge is 0.193 e. The Morgan fingerprint density at radius 1 is 1.08 bits per heavy atom. The molecule has 2 saturated heterocycles. The number of guanidine groups is 1. The molecule has 3 aliphatic rings. The third-order valence-electron chi connectivity index (χ3n) is 6.11. The number of nitrogens with zero attached hydrogens (tertiary/aromatic N) is 4. The van der Waals surface area contributed by atoms with Gasteiger partial charge in [0.05, 0.1) is 0 Å². The van der Waals surface area contributed by atoms with E-state index >= 15 is 0 Å². The summed E-state index contributed by atoms with van der Waals surface area (Å²) in [5.74, 6) is 2.01. The third kappa shape index (κ3) is 5.20. The summed E-state index contributed by atoms with van der Waals surface area (Å²) in [7, 11) is 0. The van der Waals surface area contributed by atoms with E-state index in [2.05, 4.69) is 46.0 Å². The first kappa shape index (κ1) is 18.7. The van der Waals surface area contributed by atoms with Gasteiger partial charge in [-0.25, -0.2) is 0 Å². The van der Waals surface area contributed by atoms with E-state index in [1.54, 1.807) is 0 Å². The summed E-state index contributed by atoms with van der Waals surface area (Å²) in [4.78, 5) is 12.6. The fourth-order valence-corrected chi connectivity index (χ4v) is 4.39. The van der Waals surface area contributed by atoms with E-state index < -0.39 is 0 Å². The summed E-state index contributed by atoms with van der Waals surface area (Å²) < 4.78 is 0. The van der Waals surface area contributed by atoms with Crippen molar-refractivity contribution in [3.8, 4) is 0 Å². The molecule has 1 unspecified atom stereocenters. The highest BCUT2D eigenvalue weighted by molar-refractivity contribution is 5.80. The zero-order valence-corrected chi connectivity index (χ0v) is 16.3. The summed E-state index contributed by atoms with van der Waals surface area (Å²) in [6.07, 6.45) is 9.82. The van der Waals surface area contributed by atoms with Gasteiger partial charge >= 0.3 is 0 Å². The van der Waals surface area contributed by atoms with Gasteiger partial charge in [0, 0.05) is 45.3 Å². The van der Waals surface area contributed by atoms with Crippen LogP contribution in [-0.2, 0) is 0 Å².